The van der Waals surface area contributed by atoms with E-state index in [0.717, 1.165) is 47.1 Å². The van der Waals surface area contributed by atoms with E-state index < -0.39 is 12.1 Å². The first-order valence-corrected chi connectivity index (χ1v) is 12.5. The molecule has 0 saturated carbocycles. The topological polar surface area (TPSA) is 84.5 Å². The summed E-state index contributed by atoms with van der Waals surface area (Å²) in [7, 11) is 0. The highest BCUT2D eigenvalue weighted by Gasteiger charge is 2.30. The van der Waals surface area contributed by atoms with Gasteiger partial charge in [0, 0.05) is 5.92 Å². The quantitative estimate of drug-likeness (QED) is 0.493. The Hall–Kier alpha value is -3.93. The molecule has 5 rings (SSSR count). The zero-order chi connectivity index (χ0) is 25.1. The number of benzene rings is 3. The van der Waals surface area contributed by atoms with Crippen LogP contribution >= 0.6 is 0 Å². The van der Waals surface area contributed by atoms with E-state index in [9.17, 15) is 14.4 Å². The summed E-state index contributed by atoms with van der Waals surface area (Å²) in [5, 5.41) is 5.65. The molecule has 0 fully saturated rings. The molecule has 2 aliphatic rings. The van der Waals surface area contributed by atoms with Crippen LogP contribution in [0.2, 0.25) is 0 Å². The van der Waals surface area contributed by atoms with Gasteiger partial charge in [-0.15, -0.1) is 0 Å². The van der Waals surface area contributed by atoms with Crippen LogP contribution in [0.5, 0.6) is 0 Å². The molecule has 0 saturated heterocycles. The van der Waals surface area contributed by atoms with E-state index in [1.54, 1.807) is 0 Å². The van der Waals surface area contributed by atoms with Crippen molar-refractivity contribution in [3.05, 3.63) is 95.1 Å². The Morgan fingerprint density at radius 2 is 1.50 bits per heavy atom. The number of alkyl carbamates (subject to hydrolysis) is 1. The zero-order valence-electron chi connectivity index (χ0n) is 20.3. The maximum Gasteiger partial charge on any atom is 0.407 e. The van der Waals surface area contributed by atoms with Crippen LogP contribution in [0.25, 0.3) is 11.1 Å². The molecular formula is C30H30N2O4. The number of ketones is 1. The highest BCUT2D eigenvalue weighted by atomic mass is 16.5. The standard InChI is InChI=1S/C30H30N2O4/c1-19(33)28(17-29(34)31-27-16-8-10-20-9-2-3-11-21(20)27)32-30(35)36-18-26-24-14-6-4-12-22(24)23-13-5-7-15-25(23)26/h2-7,9,11-15,26-28H,8,10,16-18H2,1H3,(H,31,34)(H,32,35). The molecule has 0 radical (unpaired) electrons. The van der Waals surface area contributed by atoms with Gasteiger partial charge >= 0.3 is 6.09 Å². The van der Waals surface area contributed by atoms with E-state index in [1.165, 1.54) is 12.5 Å². The summed E-state index contributed by atoms with van der Waals surface area (Å²) in [6, 6.07) is 23.3. The molecule has 2 unspecified atom stereocenters. The largest absolute Gasteiger partial charge is 0.449 e. The lowest BCUT2D eigenvalue weighted by Crippen LogP contribution is -2.44. The minimum atomic E-state index is -0.945. The molecule has 3 aromatic rings. The van der Waals surface area contributed by atoms with Crippen molar-refractivity contribution in [2.45, 2.75) is 50.6 Å². The number of hydrogen-bond donors (Lipinski definition) is 2. The average Bonchev–Trinajstić information content (AvgIpc) is 3.21. The predicted molar refractivity (Wildman–Crippen MR) is 138 cm³/mol. The SMILES string of the molecule is CC(=O)C(CC(=O)NC1CCCc2ccccc21)NC(=O)OCC1c2ccccc2-c2ccccc21. The van der Waals surface area contributed by atoms with E-state index >= 15 is 0 Å². The second kappa shape index (κ2) is 10.4. The third-order valence-corrected chi connectivity index (χ3v) is 7.22. The van der Waals surface area contributed by atoms with Crippen molar-refractivity contribution in [3.63, 3.8) is 0 Å². The fraction of sp³-hybridized carbons (Fsp3) is 0.300. The molecule has 0 bridgehead atoms. The van der Waals surface area contributed by atoms with Crippen molar-refractivity contribution in [2.24, 2.45) is 0 Å². The van der Waals surface area contributed by atoms with Crippen molar-refractivity contribution in [2.75, 3.05) is 6.61 Å². The van der Waals surface area contributed by atoms with Gasteiger partial charge in [0.2, 0.25) is 5.91 Å². The maximum atomic E-state index is 12.8. The van der Waals surface area contributed by atoms with Gasteiger partial charge in [-0.25, -0.2) is 4.79 Å². The van der Waals surface area contributed by atoms with Gasteiger partial charge in [0.15, 0.2) is 5.78 Å². The molecule has 0 aliphatic heterocycles. The van der Waals surface area contributed by atoms with Crippen LogP contribution in [0.1, 0.15) is 60.4 Å². The van der Waals surface area contributed by atoms with Crippen LogP contribution in [-0.2, 0) is 20.7 Å². The molecule has 2 aliphatic carbocycles. The Morgan fingerprint density at radius 1 is 0.889 bits per heavy atom. The molecule has 2 N–H and O–H groups in total. The first-order valence-electron chi connectivity index (χ1n) is 12.5. The first kappa shape index (κ1) is 23.8. The Kier molecular flexibility index (Phi) is 6.85. The van der Waals surface area contributed by atoms with Gasteiger partial charge in [-0.3, -0.25) is 9.59 Å². The lowest BCUT2D eigenvalue weighted by Gasteiger charge is -2.27. The summed E-state index contributed by atoms with van der Waals surface area (Å²) in [4.78, 5) is 37.7. The van der Waals surface area contributed by atoms with Gasteiger partial charge < -0.3 is 15.4 Å². The third kappa shape index (κ3) is 4.89. The summed E-state index contributed by atoms with van der Waals surface area (Å²) in [5.41, 5.74) is 6.88. The molecule has 0 aromatic heterocycles. The van der Waals surface area contributed by atoms with E-state index in [4.69, 9.17) is 4.74 Å². The second-order valence-electron chi connectivity index (χ2n) is 9.55. The fourth-order valence-corrected chi connectivity index (χ4v) is 5.42. The van der Waals surface area contributed by atoms with Crippen LogP contribution in [0.4, 0.5) is 4.79 Å². The number of nitrogens with one attached hydrogen (secondary N) is 2. The molecule has 0 heterocycles. The Bertz CT molecular complexity index is 1260. The second-order valence-corrected chi connectivity index (χ2v) is 9.55. The third-order valence-electron chi connectivity index (χ3n) is 7.22. The number of amides is 2. The van der Waals surface area contributed by atoms with Crippen molar-refractivity contribution in [1.29, 1.82) is 0 Å². The summed E-state index contributed by atoms with van der Waals surface area (Å²) in [6.45, 7) is 1.52. The normalized spacial score (nSPS) is 16.8. The number of fused-ring (bicyclic) bond motifs is 4. The van der Waals surface area contributed by atoms with Gasteiger partial charge in [-0.05, 0) is 59.6 Å². The highest BCUT2D eigenvalue weighted by Crippen LogP contribution is 2.44. The fourth-order valence-electron chi connectivity index (χ4n) is 5.42. The average molecular weight is 483 g/mol. The summed E-state index contributed by atoms with van der Waals surface area (Å²) < 4.78 is 5.56. The van der Waals surface area contributed by atoms with Gasteiger partial charge in [0.25, 0.3) is 0 Å². The van der Waals surface area contributed by atoms with Gasteiger partial charge in [0.05, 0.1) is 18.5 Å². The lowest BCUT2D eigenvalue weighted by atomic mass is 9.87. The summed E-state index contributed by atoms with van der Waals surface area (Å²) in [6.07, 6.45) is 2.02. The molecule has 2 amide bonds. The molecule has 184 valence electrons. The van der Waals surface area contributed by atoms with Crippen molar-refractivity contribution in [3.8, 4) is 11.1 Å². The van der Waals surface area contributed by atoms with Crippen LogP contribution in [0.3, 0.4) is 0 Å². The van der Waals surface area contributed by atoms with Crippen molar-refractivity contribution in [1.82, 2.24) is 10.6 Å². The minimum Gasteiger partial charge on any atom is -0.449 e. The van der Waals surface area contributed by atoms with Crippen LogP contribution < -0.4 is 10.6 Å². The van der Waals surface area contributed by atoms with Crippen LogP contribution in [0.15, 0.2) is 72.8 Å². The van der Waals surface area contributed by atoms with E-state index in [-0.39, 0.29) is 36.7 Å². The van der Waals surface area contributed by atoms with Gasteiger partial charge in [0.1, 0.15) is 6.61 Å². The number of carbonyl (C=O) groups excluding carboxylic acids is 3. The Morgan fingerprint density at radius 3 is 2.17 bits per heavy atom. The molecule has 3 aromatic carbocycles. The zero-order valence-corrected chi connectivity index (χ0v) is 20.3. The van der Waals surface area contributed by atoms with Crippen LogP contribution in [0, 0.1) is 0 Å². The maximum absolute atomic E-state index is 12.8. The van der Waals surface area contributed by atoms with E-state index in [1.807, 2.05) is 54.6 Å². The predicted octanol–water partition coefficient (Wildman–Crippen LogP) is 5.07. The Balaban J connectivity index is 1.19. The number of Topliss-reactive ketones (excluding diaryl/α,β-unsaturated/α-hetero) is 1. The van der Waals surface area contributed by atoms with Crippen molar-refractivity contribution >= 4 is 17.8 Å². The smallest absolute Gasteiger partial charge is 0.407 e. The molecule has 36 heavy (non-hydrogen) atoms. The van der Waals surface area contributed by atoms with Gasteiger partial charge in [-0.2, -0.15) is 0 Å². The number of carbonyl (C=O) groups is 3. The van der Waals surface area contributed by atoms with E-state index in [2.05, 4.69) is 28.8 Å². The highest BCUT2D eigenvalue weighted by molar-refractivity contribution is 5.91. The molecular weight excluding hydrogens is 452 g/mol. The van der Waals surface area contributed by atoms with Crippen LogP contribution in [-0.4, -0.2) is 30.4 Å². The molecule has 2 atom stereocenters. The van der Waals surface area contributed by atoms with E-state index in [0.29, 0.717) is 0 Å². The Labute approximate surface area is 211 Å². The monoisotopic (exact) mass is 482 g/mol. The van der Waals surface area contributed by atoms with Gasteiger partial charge in [-0.1, -0.05) is 72.8 Å². The minimum absolute atomic E-state index is 0.0754. The number of aryl methyl sites for hydroxylation is 1. The number of ether oxygens (including phenoxy) is 1. The number of rotatable bonds is 7. The first-order chi connectivity index (χ1) is 17.5. The molecule has 6 nitrogen and oxygen atoms in total. The summed E-state index contributed by atoms with van der Waals surface area (Å²) >= 11 is 0. The van der Waals surface area contributed by atoms with Crippen molar-refractivity contribution < 1.29 is 19.1 Å². The number of hydrogen-bond acceptors (Lipinski definition) is 4. The summed E-state index contributed by atoms with van der Waals surface area (Å²) in [5.74, 6) is -0.632. The molecule has 6 heteroatoms. The molecule has 0 spiro atoms. The lowest BCUT2D eigenvalue weighted by molar-refractivity contribution is -0.126.